The Bertz CT molecular complexity index is 514. The van der Waals surface area contributed by atoms with Crippen LogP contribution in [0.4, 0.5) is 4.39 Å². The maximum Gasteiger partial charge on any atom is 0.336 e. The number of benzene rings is 1. The highest BCUT2D eigenvalue weighted by Crippen LogP contribution is 2.30. The molecule has 16 heavy (non-hydrogen) atoms. The first-order valence-corrected chi connectivity index (χ1v) is 5.19. The first-order valence-electron chi connectivity index (χ1n) is 4.37. The van der Waals surface area contributed by atoms with Crippen LogP contribution < -0.4 is 0 Å². The minimum Gasteiger partial charge on any atom is -0.478 e. The van der Waals surface area contributed by atoms with E-state index in [4.69, 9.17) is 5.11 Å². The van der Waals surface area contributed by atoms with E-state index < -0.39 is 11.8 Å². The quantitative estimate of drug-likeness (QED) is 0.861. The lowest BCUT2D eigenvalue weighted by Crippen LogP contribution is -2.00. The molecule has 82 valence electrons. The van der Waals surface area contributed by atoms with Crippen LogP contribution in [0.2, 0.25) is 0 Å². The van der Waals surface area contributed by atoms with Crippen LogP contribution in [-0.4, -0.2) is 21.0 Å². The van der Waals surface area contributed by atoms with Crippen LogP contribution in [0.15, 0.2) is 40.6 Å². The predicted molar refractivity (Wildman–Crippen MR) is 56.1 cm³/mol. The van der Waals surface area contributed by atoms with Crippen molar-refractivity contribution >= 4 is 17.7 Å². The molecule has 0 bridgehead atoms. The Kier molecular flexibility index (Phi) is 2.91. The Balaban J connectivity index is 2.42. The lowest BCUT2D eigenvalue weighted by Gasteiger charge is -2.04. The minimum absolute atomic E-state index is 0.0601. The van der Waals surface area contributed by atoms with Crippen LogP contribution in [0.5, 0.6) is 0 Å². The monoisotopic (exact) mass is 238 g/mol. The summed E-state index contributed by atoms with van der Waals surface area (Å²) in [6.07, 6.45) is 3.10. The Hall–Kier alpha value is -1.82. The third kappa shape index (κ3) is 2.06. The summed E-state index contributed by atoms with van der Waals surface area (Å²) in [5.74, 6) is -1.73. The second-order valence-electron chi connectivity index (χ2n) is 2.92. The Morgan fingerprint density at radius 2 is 2.31 bits per heavy atom. The van der Waals surface area contributed by atoms with E-state index in [-0.39, 0.29) is 10.5 Å². The summed E-state index contributed by atoms with van der Waals surface area (Å²) in [5, 5.41) is 9.36. The van der Waals surface area contributed by atoms with E-state index >= 15 is 0 Å². The van der Waals surface area contributed by atoms with Crippen molar-refractivity contribution in [2.75, 3.05) is 0 Å². The Morgan fingerprint density at radius 3 is 2.94 bits per heavy atom. The third-order valence-electron chi connectivity index (χ3n) is 1.87. The van der Waals surface area contributed by atoms with Gasteiger partial charge in [-0.3, -0.25) is 0 Å². The fourth-order valence-electron chi connectivity index (χ4n) is 1.18. The molecule has 1 aromatic carbocycles. The molecule has 2 aromatic rings. The van der Waals surface area contributed by atoms with Crippen molar-refractivity contribution < 1.29 is 14.3 Å². The van der Waals surface area contributed by atoms with Gasteiger partial charge in [-0.2, -0.15) is 0 Å². The van der Waals surface area contributed by atoms with Gasteiger partial charge in [-0.25, -0.2) is 14.2 Å². The first kappa shape index (κ1) is 10.7. The topological polar surface area (TPSA) is 66.0 Å². The molecule has 0 unspecified atom stereocenters. The molecule has 0 fully saturated rings. The summed E-state index contributed by atoms with van der Waals surface area (Å²) in [7, 11) is 0. The van der Waals surface area contributed by atoms with Crippen molar-refractivity contribution in [2.45, 2.75) is 10.1 Å². The van der Waals surface area contributed by atoms with Crippen LogP contribution in [-0.2, 0) is 0 Å². The largest absolute Gasteiger partial charge is 0.478 e. The lowest BCUT2D eigenvalue weighted by atomic mass is 10.2. The second kappa shape index (κ2) is 4.36. The molecule has 0 aliphatic heterocycles. The van der Waals surface area contributed by atoms with E-state index in [0.717, 1.165) is 11.8 Å². The number of carboxylic acids is 1. The highest BCUT2D eigenvalue weighted by Gasteiger charge is 2.16. The number of hydrogen-bond acceptors (Lipinski definition) is 3. The highest BCUT2D eigenvalue weighted by atomic mass is 32.2. The van der Waals surface area contributed by atoms with E-state index in [0.29, 0.717) is 5.16 Å². The van der Waals surface area contributed by atoms with Crippen LogP contribution in [0.25, 0.3) is 0 Å². The van der Waals surface area contributed by atoms with Gasteiger partial charge >= 0.3 is 5.97 Å². The molecule has 6 heteroatoms. The molecular formula is C10H7FN2O2S. The first-order chi connectivity index (χ1) is 7.68. The van der Waals surface area contributed by atoms with E-state index in [1.54, 1.807) is 6.20 Å². The van der Waals surface area contributed by atoms with Crippen molar-refractivity contribution in [3.63, 3.8) is 0 Å². The van der Waals surface area contributed by atoms with Gasteiger partial charge in [0, 0.05) is 12.4 Å². The number of hydrogen-bond donors (Lipinski definition) is 2. The number of nitrogens with zero attached hydrogens (tertiary/aromatic N) is 1. The molecule has 0 radical (unpaired) electrons. The number of imidazole rings is 1. The number of H-pyrrole nitrogens is 1. The van der Waals surface area contributed by atoms with Gasteiger partial charge in [0.05, 0.1) is 10.5 Å². The molecule has 0 aliphatic carbocycles. The standard InChI is InChI=1S/C10H7FN2O2S/c11-7-3-1-2-6(9(14)15)8(7)16-10-12-4-5-13-10/h1-5H,(H,12,13)(H,14,15). The van der Waals surface area contributed by atoms with Crippen molar-refractivity contribution in [3.05, 3.63) is 42.0 Å². The average molecular weight is 238 g/mol. The molecule has 2 N–H and O–H groups in total. The van der Waals surface area contributed by atoms with Crippen LogP contribution in [0.1, 0.15) is 10.4 Å². The van der Waals surface area contributed by atoms with Crippen LogP contribution >= 0.6 is 11.8 Å². The van der Waals surface area contributed by atoms with Gasteiger partial charge in [-0.1, -0.05) is 6.07 Å². The number of rotatable bonds is 3. The van der Waals surface area contributed by atoms with Gasteiger partial charge in [0.2, 0.25) is 0 Å². The van der Waals surface area contributed by atoms with Crippen molar-refractivity contribution in [1.29, 1.82) is 0 Å². The van der Waals surface area contributed by atoms with Crippen LogP contribution in [0, 0.1) is 5.82 Å². The molecular weight excluding hydrogens is 231 g/mol. The van der Waals surface area contributed by atoms with Gasteiger partial charge in [-0.15, -0.1) is 0 Å². The van der Waals surface area contributed by atoms with Gasteiger partial charge in [0.1, 0.15) is 5.82 Å². The summed E-state index contributed by atoms with van der Waals surface area (Å²) in [4.78, 5) is 17.6. The zero-order chi connectivity index (χ0) is 11.5. The van der Waals surface area contributed by atoms with E-state index in [9.17, 15) is 9.18 Å². The molecule has 1 aromatic heterocycles. The van der Waals surface area contributed by atoms with Gasteiger partial charge in [-0.05, 0) is 23.9 Å². The molecule has 4 nitrogen and oxygen atoms in total. The maximum atomic E-state index is 13.5. The van der Waals surface area contributed by atoms with E-state index in [1.807, 2.05) is 0 Å². The van der Waals surface area contributed by atoms with E-state index in [2.05, 4.69) is 9.97 Å². The number of aromatic amines is 1. The summed E-state index contributed by atoms with van der Waals surface area (Å²) < 4.78 is 13.5. The number of carbonyl (C=O) groups is 1. The summed E-state index contributed by atoms with van der Waals surface area (Å²) >= 11 is 0.953. The smallest absolute Gasteiger partial charge is 0.336 e. The normalized spacial score (nSPS) is 10.3. The zero-order valence-corrected chi connectivity index (χ0v) is 8.79. The molecule has 0 saturated heterocycles. The molecule has 2 rings (SSSR count). The lowest BCUT2D eigenvalue weighted by molar-refractivity contribution is 0.0692. The average Bonchev–Trinajstić information content (AvgIpc) is 2.73. The second-order valence-corrected chi connectivity index (χ2v) is 3.92. The Labute approximate surface area is 94.5 Å². The number of nitrogens with one attached hydrogen (secondary N) is 1. The fraction of sp³-hybridized carbons (Fsp3) is 0. The van der Waals surface area contributed by atoms with Crippen molar-refractivity contribution in [3.8, 4) is 0 Å². The van der Waals surface area contributed by atoms with Crippen LogP contribution in [0.3, 0.4) is 0 Å². The van der Waals surface area contributed by atoms with Crippen molar-refractivity contribution in [2.24, 2.45) is 0 Å². The number of aromatic nitrogens is 2. The Morgan fingerprint density at radius 1 is 1.50 bits per heavy atom. The maximum absolute atomic E-state index is 13.5. The predicted octanol–water partition coefficient (Wildman–Crippen LogP) is 2.40. The summed E-state index contributed by atoms with van der Waals surface area (Å²) in [6, 6.07) is 3.94. The molecule has 0 saturated carbocycles. The molecule has 0 spiro atoms. The fourth-order valence-corrected chi connectivity index (χ4v) is 2.05. The third-order valence-corrected chi connectivity index (χ3v) is 2.90. The SMILES string of the molecule is O=C(O)c1cccc(F)c1Sc1ncc[nH]1. The molecule has 0 aliphatic rings. The summed E-state index contributed by atoms with van der Waals surface area (Å²) in [5.41, 5.74) is -0.0681. The van der Waals surface area contributed by atoms with Gasteiger partial charge in [0.25, 0.3) is 0 Å². The number of carboxylic acid groups (broad SMARTS) is 1. The number of aromatic carboxylic acids is 1. The molecule has 1 heterocycles. The van der Waals surface area contributed by atoms with Gasteiger partial charge in [0.15, 0.2) is 5.16 Å². The minimum atomic E-state index is -1.16. The van der Waals surface area contributed by atoms with E-state index in [1.165, 1.54) is 24.4 Å². The molecule has 0 atom stereocenters. The van der Waals surface area contributed by atoms with Gasteiger partial charge < -0.3 is 10.1 Å². The zero-order valence-electron chi connectivity index (χ0n) is 7.98. The number of halogens is 1. The molecule has 0 amide bonds. The van der Waals surface area contributed by atoms with Crippen molar-refractivity contribution in [1.82, 2.24) is 9.97 Å². The summed E-state index contributed by atoms with van der Waals surface area (Å²) in [6.45, 7) is 0. The highest BCUT2D eigenvalue weighted by molar-refractivity contribution is 7.99.